The van der Waals surface area contributed by atoms with Crippen LogP contribution in [0.3, 0.4) is 0 Å². The zero-order valence-electron chi connectivity index (χ0n) is 20.5. The van der Waals surface area contributed by atoms with Crippen LogP contribution in [-0.4, -0.2) is 45.2 Å². The van der Waals surface area contributed by atoms with E-state index in [1.54, 1.807) is 30.3 Å². The van der Waals surface area contributed by atoms with E-state index < -0.39 is 11.9 Å². The lowest BCUT2D eigenvalue weighted by atomic mass is 9.94. The maximum absolute atomic E-state index is 13.9. The first-order chi connectivity index (χ1) is 18.2. The van der Waals surface area contributed by atoms with Crippen LogP contribution in [0, 0.1) is 0 Å². The number of aromatic nitrogens is 4. The van der Waals surface area contributed by atoms with Crippen LogP contribution < -0.4 is 15.0 Å². The molecule has 1 N–H and O–H groups in total. The summed E-state index contributed by atoms with van der Waals surface area (Å²) in [5.41, 5.74) is 1.73. The number of benzene rings is 2. The highest BCUT2D eigenvalue weighted by Gasteiger charge is 2.36. The Morgan fingerprint density at radius 2 is 1.89 bits per heavy atom. The Hall–Kier alpha value is -4.47. The molecule has 5 rings (SSSR count). The number of methoxy groups -OCH3 is 1. The molecule has 2 aromatic carbocycles. The normalized spacial score (nSPS) is 14.6. The van der Waals surface area contributed by atoms with Gasteiger partial charge in [0.15, 0.2) is 5.76 Å². The lowest BCUT2D eigenvalue weighted by molar-refractivity contribution is -0.123. The number of carbonyl (C=O) groups excluding carboxylic acids is 2. The smallest absolute Gasteiger partial charge is 0.294 e. The lowest BCUT2D eigenvalue weighted by Crippen LogP contribution is -2.47. The maximum Gasteiger partial charge on any atom is 0.294 e. The minimum absolute atomic E-state index is 0.0738. The molecule has 0 aliphatic heterocycles. The zero-order valence-corrected chi connectivity index (χ0v) is 20.5. The van der Waals surface area contributed by atoms with E-state index in [1.807, 2.05) is 30.3 Å². The lowest BCUT2D eigenvalue weighted by Gasteiger charge is -2.33. The summed E-state index contributed by atoms with van der Waals surface area (Å²) in [5, 5.41) is 14.5. The van der Waals surface area contributed by atoms with Crippen molar-refractivity contribution in [3.63, 3.8) is 0 Å². The highest BCUT2D eigenvalue weighted by molar-refractivity contribution is 6.08. The van der Waals surface area contributed by atoms with E-state index in [0.29, 0.717) is 22.7 Å². The van der Waals surface area contributed by atoms with Gasteiger partial charge in [-0.3, -0.25) is 14.5 Å². The summed E-state index contributed by atoms with van der Waals surface area (Å²) in [6.45, 7) is 0. The number of nitrogens with one attached hydrogen (secondary N) is 1. The van der Waals surface area contributed by atoms with Gasteiger partial charge in [0, 0.05) is 17.8 Å². The molecule has 2 amide bonds. The summed E-state index contributed by atoms with van der Waals surface area (Å²) in [6.07, 6.45) is 8.06. The van der Waals surface area contributed by atoms with Gasteiger partial charge in [-0.25, -0.2) is 0 Å². The number of anilines is 1. The third-order valence-electron chi connectivity index (χ3n) is 6.56. The minimum Gasteiger partial charge on any atom is -0.494 e. The van der Waals surface area contributed by atoms with Crippen LogP contribution in [0.4, 0.5) is 5.69 Å². The Morgan fingerprint density at radius 1 is 1.08 bits per heavy atom. The SMILES string of the molecule is COc1cc(N(C(=O)c2ccco2)[C@H](C(=O)NC2CCCCC2)c2ccccc2)ccc1-n1cnnn1. The van der Waals surface area contributed by atoms with Crippen LogP contribution in [-0.2, 0) is 4.79 Å². The fraction of sp³-hybridized carbons (Fsp3) is 0.296. The first-order valence-corrected chi connectivity index (χ1v) is 12.3. The first-order valence-electron chi connectivity index (χ1n) is 12.3. The van der Waals surface area contributed by atoms with Gasteiger partial charge in [0.05, 0.1) is 13.4 Å². The third-order valence-corrected chi connectivity index (χ3v) is 6.56. The van der Waals surface area contributed by atoms with Gasteiger partial charge in [0.1, 0.15) is 23.8 Å². The van der Waals surface area contributed by atoms with E-state index in [-0.39, 0.29) is 17.7 Å². The van der Waals surface area contributed by atoms with Crippen molar-refractivity contribution in [1.82, 2.24) is 25.5 Å². The number of nitrogens with zero attached hydrogens (tertiary/aromatic N) is 5. The number of hydrogen-bond donors (Lipinski definition) is 1. The van der Waals surface area contributed by atoms with Gasteiger partial charge < -0.3 is 14.5 Å². The van der Waals surface area contributed by atoms with Gasteiger partial charge in [0.2, 0.25) is 5.91 Å². The Kier molecular flexibility index (Phi) is 7.25. The standard InChI is InChI=1S/C27H28N6O4/c1-36-24-17-21(14-15-22(24)32-18-28-30-31-32)33(27(35)23-13-8-16-37-23)25(19-9-4-2-5-10-19)26(34)29-20-11-6-3-7-12-20/h2,4-5,8-10,13-18,20,25H,3,6-7,11-12H2,1H3,(H,29,34)/t25-/m0/s1. The topological polar surface area (TPSA) is 115 Å². The molecule has 0 spiro atoms. The first kappa shape index (κ1) is 24.2. The molecular weight excluding hydrogens is 472 g/mol. The summed E-state index contributed by atoms with van der Waals surface area (Å²) < 4.78 is 12.6. The minimum atomic E-state index is -0.940. The average Bonchev–Trinajstić information content (AvgIpc) is 3.67. The van der Waals surface area contributed by atoms with E-state index in [1.165, 1.54) is 35.7 Å². The second-order valence-electron chi connectivity index (χ2n) is 8.92. The molecule has 1 aliphatic carbocycles. The summed E-state index contributed by atoms with van der Waals surface area (Å²) in [7, 11) is 1.52. The fourth-order valence-electron chi connectivity index (χ4n) is 4.76. The van der Waals surface area contributed by atoms with Crippen molar-refractivity contribution < 1.29 is 18.7 Å². The Labute approximate surface area is 214 Å². The largest absolute Gasteiger partial charge is 0.494 e. The van der Waals surface area contributed by atoms with Crippen molar-refractivity contribution in [1.29, 1.82) is 0 Å². The van der Waals surface area contributed by atoms with Gasteiger partial charge in [-0.1, -0.05) is 49.6 Å². The molecule has 190 valence electrons. The summed E-state index contributed by atoms with van der Waals surface area (Å²) in [5.74, 6) is -0.145. The predicted molar refractivity (Wildman–Crippen MR) is 135 cm³/mol. The molecule has 0 saturated heterocycles. The molecular formula is C27H28N6O4. The quantitative estimate of drug-likeness (QED) is 0.387. The molecule has 10 heteroatoms. The molecule has 2 heterocycles. The van der Waals surface area contributed by atoms with E-state index in [4.69, 9.17) is 9.15 Å². The fourth-order valence-corrected chi connectivity index (χ4v) is 4.76. The molecule has 1 saturated carbocycles. The zero-order chi connectivity index (χ0) is 25.6. The number of furan rings is 1. The molecule has 1 fully saturated rings. The Morgan fingerprint density at radius 3 is 2.57 bits per heavy atom. The number of ether oxygens (including phenoxy) is 1. The number of amides is 2. The van der Waals surface area contributed by atoms with E-state index in [9.17, 15) is 9.59 Å². The second-order valence-corrected chi connectivity index (χ2v) is 8.92. The van der Waals surface area contributed by atoms with Gasteiger partial charge in [-0.2, -0.15) is 4.68 Å². The molecule has 1 aliphatic rings. The van der Waals surface area contributed by atoms with Crippen LogP contribution in [0.5, 0.6) is 5.75 Å². The Balaban J connectivity index is 1.60. The molecule has 0 unspecified atom stereocenters. The second kappa shape index (κ2) is 11.1. The van der Waals surface area contributed by atoms with Crippen LogP contribution in [0.25, 0.3) is 5.69 Å². The highest BCUT2D eigenvalue weighted by atomic mass is 16.5. The molecule has 37 heavy (non-hydrogen) atoms. The molecule has 4 aromatic rings. The van der Waals surface area contributed by atoms with Crippen LogP contribution in [0.15, 0.2) is 77.7 Å². The summed E-state index contributed by atoms with van der Waals surface area (Å²) in [6, 6.07) is 16.8. The van der Waals surface area contributed by atoms with E-state index in [2.05, 4.69) is 20.8 Å². The summed E-state index contributed by atoms with van der Waals surface area (Å²) in [4.78, 5) is 29.3. The number of rotatable bonds is 8. The maximum atomic E-state index is 13.9. The van der Waals surface area contributed by atoms with E-state index >= 15 is 0 Å². The van der Waals surface area contributed by atoms with Crippen molar-refractivity contribution in [3.8, 4) is 11.4 Å². The van der Waals surface area contributed by atoms with Crippen LogP contribution in [0.2, 0.25) is 0 Å². The van der Waals surface area contributed by atoms with Crippen molar-refractivity contribution in [2.24, 2.45) is 0 Å². The van der Waals surface area contributed by atoms with Gasteiger partial charge in [-0.15, -0.1) is 5.10 Å². The van der Waals surface area contributed by atoms with Crippen LogP contribution in [0.1, 0.15) is 54.3 Å². The summed E-state index contributed by atoms with van der Waals surface area (Å²) >= 11 is 0. The molecule has 0 bridgehead atoms. The third kappa shape index (κ3) is 5.23. The molecule has 10 nitrogen and oxygen atoms in total. The van der Waals surface area contributed by atoms with Crippen molar-refractivity contribution in [2.75, 3.05) is 12.0 Å². The molecule has 1 atom stereocenters. The predicted octanol–water partition coefficient (Wildman–Crippen LogP) is 4.10. The van der Waals surface area contributed by atoms with Crippen LogP contribution >= 0.6 is 0 Å². The molecule has 2 aromatic heterocycles. The number of tetrazole rings is 1. The Bertz CT molecular complexity index is 1320. The van der Waals surface area contributed by atoms with Gasteiger partial charge in [0.25, 0.3) is 5.91 Å². The van der Waals surface area contributed by atoms with Crippen molar-refractivity contribution in [2.45, 2.75) is 44.2 Å². The van der Waals surface area contributed by atoms with Gasteiger partial charge in [-0.05, 0) is 53.1 Å². The van der Waals surface area contributed by atoms with Crippen molar-refractivity contribution >= 4 is 17.5 Å². The van der Waals surface area contributed by atoms with E-state index in [0.717, 1.165) is 25.7 Å². The average molecular weight is 501 g/mol. The highest BCUT2D eigenvalue weighted by Crippen LogP contribution is 2.35. The number of carbonyl (C=O) groups is 2. The van der Waals surface area contributed by atoms with Crippen molar-refractivity contribution in [3.05, 3.63) is 84.6 Å². The monoisotopic (exact) mass is 500 g/mol. The molecule has 0 radical (unpaired) electrons. The number of hydrogen-bond acceptors (Lipinski definition) is 7. The van der Waals surface area contributed by atoms with Gasteiger partial charge >= 0.3 is 0 Å².